The predicted octanol–water partition coefficient (Wildman–Crippen LogP) is 3.42. The largest absolute Gasteiger partial charge is 0.354 e. The number of rotatable bonds is 3. The van der Waals surface area contributed by atoms with E-state index in [9.17, 15) is 4.39 Å². The maximum Gasteiger partial charge on any atom is 0.131 e. The Balaban J connectivity index is 1.72. The van der Waals surface area contributed by atoms with Crippen molar-refractivity contribution in [3.63, 3.8) is 0 Å². The molecule has 0 radical (unpaired) electrons. The number of piperazine rings is 1. The second-order valence-corrected chi connectivity index (χ2v) is 6.00. The molecule has 0 N–H and O–H groups in total. The molecule has 1 saturated heterocycles. The third-order valence-electron chi connectivity index (χ3n) is 4.30. The van der Waals surface area contributed by atoms with Gasteiger partial charge in [-0.15, -0.1) is 0 Å². The van der Waals surface area contributed by atoms with E-state index in [1.54, 1.807) is 18.3 Å². The van der Waals surface area contributed by atoms with Crippen LogP contribution in [0.4, 0.5) is 10.2 Å². The first-order valence-electron chi connectivity index (χ1n) is 7.85. The lowest BCUT2D eigenvalue weighted by molar-refractivity contribution is 0.209. The summed E-state index contributed by atoms with van der Waals surface area (Å²) in [5.41, 5.74) is 1.42. The summed E-state index contributed by atoms with van der Waals surface area (Å²) in [4.78, 5) is 9.30. The zero-order chi connectivity index (χ0) is 15.5. The Hall–Kier alpha value is -1.94. The van der Waals surface area contributed by atoms with Gasteiger partial charge in [0.05, 0.1) is 0 Å². The second kappa shape index (κ2) is 6.44. The molecule has 0 spiro atoms. The fourth-order valence-corrected chi connectivity index (χ4v) is 2.90. The number of aromatic nitrogens is 1. The smallest absolute Gasteiger partial charge is 0.131 e. The molecule has 2 aromatic rings. The van der Waals surface area contributed by atoms with Gasteiger partial charge in [0.25, 0.3) is 0 Å². The third kappa shape index (κ3) is 3.12. The van der Waals surface area contributed by atoms with Crippen molar-refractivity contribution in [3.8, 4) is 11.1 Å². The Labute approximate surface area is 131 Å². The molecule has 116 valence electrons. The molecule has 0 saturated carbocycles. The first-order valence-corrected chi connectivity index (χ1v) is 7.85. The van der Waals surface area contributed by atoms with E-state index in [0.29, 0.717) is 11.6 Å². The molecule has 4 heteroatoms. The predicted molar refractivity (Wildman–Crippen MR) is 88.6 cm³/mol. The summed E-state index contributed by atoms with van der Waals surface area (Å²) in [7, 11) is 0. The van der Waals surface area contributed by atoms with E-state index < -0.39 is 0 Å². The van der Waals surface area contributed by atoms with Crippen LogP contribution in [0.3, 0.4) is 0 Å². The van der Waals surface area contributed by atoms with Crippen molar-refractivity contribution in [1.29, 1.82) is 0 Å². The van der Waals surface area contributed by atoms with Crippen LogP contribution in [0.1, 0.15) is 13.8 Å². The lowest BCUT2D eigenvalue weighted by Gasteiger charge is -2.37. The minimum absolute atomic E-state index is 0.206. The SMILES string of the molecule is CC(C)N1CCN(c2ccc(-c3ccccc3F)cn2)CC1. The molecule has 1 fully saturated rings. The minimum Gasteiger partial charge on any atom is -0.354 e. The van der Waals surface area contributed by atoms with Crippen molar-refractivity contribution < 1.29 is 4.39 Å². The average Bonchev–Trinajstić information content (AvgIpc) is 2.56. The van der Waals surface area contributed by atoms with Crippen LogP contribution in [0.15, 0.2) is 42.6 Å². The number of halogens is 1. The zero-order valence-corrected chi connectivity index (χ0v) is 13.2. The van der Waals surface area contributed by atoms with Gasteiger partial charge in [0.15, 0.2) is 0 Å². The quantitative estimate of drug-likeness (QED) is 0.865. The number of nitrogens with zero attached hydrogens (tertiary/aromatic N) is 3. The van der Waals surface area contributed by atoms with Gasteiger partial charge in [-0.1, -0.05) is 18.2 Å². The van der Waals surface area contributed by atoms with Crippen LogP contribution in [0.2, 0.25) is 0 Å². The first kappa shape index (κ1) is 15.0. The van der Waals surface area contributed by atoms with Crippen LogP contribution in [0, 0.1) is 5.82 Å². The van der Waals surface area contributed by atoms with Crippen LogP contribution >= 0.6 is 0 Å². The average molecular weight is 299 g/mol. The maximum atomic E-state index is 13.8. The molecular weight excluding hydrogens is 277 g/mol. The molecular formula is C18H22FN3. The minimum atomic E-state index is -0.206. The van der Waals surface area contributed by atoms with Crippen LogP contribution in [0.5, 0.6) is 0 Å². The Kier molecular flexibility index (Phi) is 4.39. The number of benzene rings is 1. The van der Waals surface area contributed by atoms with Crippen molar-refractivity contribution in [2.45, 2.75) is 19.9 Å². The van der Waals surface area contributed by atoms with E-state index in [-0.39, 0.29) is 5.82 Å². The summed E-state index contributed by atoms with van der Waals surface area (Å²) in [5, 5.41) is 0. The highest BCUT2D eigenvalue weighted by Gasteiger charge is 2.19. The van der Waals surface area contributed by atoms with Gasteiger partial charge in [-0.2, -0.15) is 0 Å². The molecule has 0 amide bonds. The van der Waals surface area contributed by atoms with Crippen molar-refractivity contribution >= 4 is 5.82 Å². The van der Waals surface area contributed by atoms with E-state index in [2.05, 4.69) is 28.6 Å². The summed E-state index contributed by atoms with van der Waals surface area (Å²) in [6.45, 7) is 8.57. The summed E-state index contributed by atoms with van der Waals surface area (Å²) < 4.78 is 13.8. The van der Waals surface area contributed by atoms with Gasteiger partial charge in [-0.05, 0) is 32.0 Å². The highest BCUT2D eigenvalue weighted by molar-refractivity contribution is 5.64. The Morgan fingerprint density at radius 3 is 2.32 bits per heavy atom. The molecule has 0 unspecified atom stereocenters. The number of hydrogen-bond donors (Lipinski definition) is 0. The van der Waals surface area contributed by atoms with Gasteiger partial charge in [0, 0.05) is 49.5 Å². The standard InChI is InChI=1S/C18H22FN3/c1-14(2)21-9-11-22(12-10-21)18-8-7-15(13-20-18)16-5-3-4-6-17(16)19/h3-8,13-14H,9-12H2,1-2H3. The molecule has 1 aliphatic heterocycles. The first-order chi connectivity index (χ1) is 10.6. The fraction of sp³-hybridized carbons (Fsp3) is 0.389. The third-order valence-corrected chi connectivity index (χ3v) is 4.30. The van der Waals surface area contributed by atoms with E-state index >= 15 is 0 Å². The summed E-state index contributed by atoms with van der Waals surface area (Å²) in [6, 6.07) is 11.4. The topological polar surface area (TPSA) is 19.4 Å². The molecule has 22 heavy (non-hydrogen) atoms. The molecule has 1 aliphatic rings. The lowest BCUT2D eigenvalue weighted by atomic mass is 10.1. The monoisotopic (exact) mass is 299 g/mol. The van der Waals surface area contributed by atoms with E-state index in [1.165, 1.54) is 6.07 Å². The zero-order valence-electron chi connectivity index (χ0n) is 13.2. The number of anilines is 1. The number of pyridine rings is 1. The highest BCUT2D eigenvalue weighted by atomic mass is 19.1. The van der Waals surface area contributed by atoms with Crippen molar-refractivity contribution in [1.82, 2.24) is 9.88 Å². The van der Waals surface area contributed by atoms with E-state index in [1.807, 2.05) is 18.2 Å². The fourth-order valence-electron chi connectivity index (χ4n) is 2.90. The lowest BCUT2D eigenvalue weighted by Crippen LogP contribution is -2.49. The summed E-state index contributed by atoms with van der Waals surface area (Å²) in [5.74, 6) is 0.770. The Morgan fingerprint density at radius 1 is 1.00 bits per heavy atom. The van der Waals surface area contributed by atoms with Crippen molar-refractivity contribution in [2.75, 3.05) is 31.1 Å². The van der Waals surface area contributed by atoms with Gasteiger partial charge in [-0.3, -0.25) is 4.90 Å². The van der Waals surface area contributed by atoms with Gasteiger partial charge in [-0.25, -0.2) is 9.37 Å². The molecule has 0 atom stereocenters. The highest BCUT2D eigenvalue weighted by Crippen LogP contribution is 2.24. The molecule has 0 aliphatic carbocycles. The van der Waals surface area contributed by atoms with Gasteiger partial charge in [0.1, 0.15) is 11.6 Å². The summed E-state index contributed by atoms with van der Waals surface area (Å²) >= 11 is 0. The molecule has 3 nitrogen and oxygen atoms in total. The Morgan fingerprint density at radius 2 is 1.73 bits per heavy atom. The number of hydrogen-bond acceptors (Lipinski definition) is 3. The van der Waals surface area contributed by atoms with Crippen LogP contribution < -0.4 is 4.90 Å². The van der Waals surface area contributed by atoms with Crippen LogP contribution in [-0.4, -0.2) is 42.1 Å². The Bertz CT molecular complexity index is 616. The van der Waals surface area contributed by atoms with Crippen molar-refractivity contribution in [2.24, 2.45) is 0 Å². The molecule has 0 bridgehead atoms. The van der Waals surface area contributed by atoms with Crippen molar-refractivity contribution in [3.05, 3.63) is 48.4 Å². The summed E-state index contributed by atoms with van der Waals surface area (Å²) in [6.07, 6.45) is 1.77. The molecule has 3 rings (SSSR count). The van der Waals surface area contributed by atoms with Crippen LogP contribution in [-0.2, 0) is 0 Å². The molecule has 1 aromatic carbocycles. The molecule has 2 heterocycles. The normalized spacial score (nSPS) is 16.3. The van der Waals surface area contributed by atoms with Gasteiger partial charge in [0.2, 0.25) is 0 Å². The maximum absolute atomic E-state index is 13.8. The van der Waals surface area contributed by atoms with Crippen LogP contribution in [0.25, 0.3) is 11.1 Å². The second-order valence-electron chi connectivity index (χ2n) is 6.00. The molecule has 1 aromatic heterocycles. The van der Waals surface area contributed by atoms with Gasteiger partial charge >= 0.3 is 0 Å². The van der Waals surface area contributed by atoms with E-state index in [4.69, 9.17) is 0 Å². The van der Waals surface area contributed by atoms with Gasteiger partial charge < -0.3 is 4.90 Å². The van der Waals surface area contributed by atoms with E-state index in [0.717, 1.165) is 37.6 Å².